The molecule has 0 bridgehead atoms. The minimum Gasteiger partial charge on any atom is -0.508 e. The Morgan fingerprint density at radius 1 is 1.12 bits per heavy atom. The Hall–Kier alpha value is -3.67. The van der Waals surface area contributed by atoms with Crippen LogP contribution in [0.5, 0.6) is 5.75 Å². The highest BCUT2D eigenvalue weighted by Gasteiger charge is 2.27. The molecule has 32 heavy (non-hydrogen) atoms. The van der Waals surface area contributed by atoms with Gasteiger partial charge in [-0.1, -0.05) is 44.2 Å². The first-order valence-electron chi connectivity index (χ1n) is 10.8. The minimum absolute atomic E-state index is 0.213. The van der Waals surface area contributed by atoms with Crippen molar-refractivity contribution in [2.75, 3.05) is 13.2 Å². The van der Waals surface area contributed by atoms with E-state index in [9.17, 15) is 14.7 Å². The summed E-state index contributed by atoms with van der Waals surface area (Å²) in [5.74, 6) is -0.285. The van der Waals surface area contributed by atoms with Crippen molar-refractivity contribution < 1.29 is 19.4 Å². The zero-order chi connectivity index (χ0) is 22.7. The summed E-state index contributed by atoms with van der Waals surface area (Å²) < 4.78 is 5.40. The zero-order valence-electron chi connectivity index (χ0n) is 18.2. The molecule has 1 aliphatic carbocycles. The largest absolute Gasteiger partial charge is 0.508 e. The van der Waals surface area contributed by atoms with Gasteiger partial charge in [0.25, 0.3) is 5.91 Å². The number of para-hydroxylation sites is 1. The highest BCUT2D eigenvalue weighted by atomic mass is 16.5. The molecule has 1 amide bonds. The molecule has 0 spiro atoms. The van der Waals surface area contributed by atoms with Crippen LogP contribution in [0.15, 0.2) is 48.5 Å². The Morgan fingerprint density at radius 3 is 2.62 bits per heavy atom. The average molecular weight is 431 g/mol. The first kappa shape index (κ1) is 21.6. The predicted molar refractivity (Wildman–Crippen MR) is 124 cm³/mol. The fourth-order valence-corrected chi connectivity index (χ4v) is 3.86. The van der Waals surface area contributed by atoms with Crippen molar-refractivity contribution in [3.63, 3.8) is 0 Å². The number of nitrogens with zero attached hydrogens (tertiary/aromatic N) is 1. The molecule has 2 N–H and O–H groups in total. The number of carbonyl (C=O) groups excluding carboxylic acids is 2. The second-order valence-electron chi connectivity index (χ2n) is 8.37. The van der Waals surface area contributed by atoms with Gasteiger partial charge in [0.05, 0.1) is 16.8 Å². The number of aromatic nitrogens is 1. The van der Waals surface area contributed by atoms with Crippen molar-refractivity contribution in [3.8, 4) is 5.75 Å². The van der Waals surface area contributed by atoms with Gasteiger partial charge >= 0.3 is 5.97 Å². The number of phenols is 1. The molecule has 0 unspecified atom stereocenters. The molecule has 1 aromatic heterocycles. The van der Waals surface area contributed by atoms with Gasteiger partial charge in [-0.3, -0.25) is 4.79 Å². The van der Waals surface area contributed by atoms with Crippen LogP contribution in [-0.2, 0) is 16.0 Å². The number of fused-ring (bicyclic) bond motifs is 2. The second-order valence-corrected chi connectivity index (χ2v) is 8.37. The molecule has 0 aliphatic heterocycles. The van der Waals surface area contributed by atoms with Crippen LogP contribution in [0.1, 0.15) is 47.4 Å². The number of pyridine rings is 1. The number of carbonyl (C=O) groups is 2. The number of phenolic OH excluding ortho intramolecular Hbond substituents is 1. The van der Waals surface area contributed by atoms with Gasteiger partial charge in [0.1, 0.15) is 5.75 Å². The number of rotatable bonds is 6. The Morgan fingerprint density at radius 2 is 1.88 bits per heavy atom. The van der Waals surface area contributed by atoms with Crippen molar-refractivity contribution in [2.24, 2.45) is 5.92 Å². The minimum atomic E-state index is -0.509. The van der Waals surface area contributed by atoms with Crippen LogP contribution < -0.4 is 5.32 Å². The molecule has 4 rings (SSSR count). The summed E-state index contributed by atoms with van der Waals surface area (Å²) in [6, 6.07) is 14.4. The fraction of sp³-hybridized carbons (Fsp3) is 0.269. The van der Waals surface area contributed by atoms with Crippen molar-refractivity contribution >= 4 is 34.4 Å². The van der Waals surface area contributed by atoms with E-state index in [4.69, 9.17) is 9.72 Å². The van der Waals surface area contributed by atoms with Gasteiger partial charge in [0.2, 0.25) is 0 Å². The molecule has 0 saturated carbocycles. The van der Waals surface area contributed by atoms with E-state index in [1.807, 2.05) is 56.3 Å². The molecule has 2 aromatic carbocycles. The van der Waals surface area contributed by atoms with E-state index in [0.29, 0.717) is 30.0 Å². The summed E-state index contributed by atoms with van der Waals surface area (Å²) in [6.07, 6.45) is 3.44. The highest BCUT2D eigenvalue weighted by Crippen LogP contribution is 2.37. The van der Waals surface area contributed by atoms with Crippen LogP contribution in [0.25, 0.3) is 22.6 Å². The Bertz CT molecular complexity index is 1200. The van der Waals surface area contributed by atoms with Crippen LogP contribution in [0.2, 0.25) is 0 Å². The molecule has 0 fully saturated rings. The zero-order valence-corrected chi connectivity index (χ0v) is 18.2. The van der Waals surface area contributed by atoms with Crippen LogP contribution in [0.3, 0.4) is 0 Å². The Balaban J connectivity index is 1.67. The van der Waals surface area contributed by atoms with E-state index < -0.39 is 5.97 Å². The van der Waals surface area contributed by atoms with Crippen LogP contribution in [-0.4, -0.2) is 35.1 Å². The first-order chi connectivity index (χ1) is 15.4. The number of aromatic hydroxyl groups is 1. The monoisotopic (exact) mass is 430 g/mol. The number of amides is 1. The third-order valence-corrected chi connectivity index (χ3v) is 5.42. The van der Waals surface area contributed by atoms with Gasteiger partial charge in [0, 0.05) is 11.9 Å². The molecule has 1 aliphatic rings. The summed E-state index contributed by atoms with van der Waals surface area (Å²) >= 11 is 0. The number of esters is 1. The SMILES string of the molecule is CC(C)CNC(=O)COC(=O)c1c2c(nc3ccccc13)/C(=C/c1ccc(O)cc1)CC2. The third kappa shape index (κ3) is 4.64. The molecule has 6 heteroatoms. The lowest BCUT2D eigenvalue weighted by Crippen LogP contribution is -2.31. The number of nitrogens with one attached hydrogen (secondary N) is 1. The van der Waals surface area contributed by atoms with Crippen molar-refractivity contribution in [1.29, 1.82) is 0 Å². The second kappa shape index (κ2) is 9.22. The maximum atomic E-state index is 13.1. The molecule has 1 heterocycles. The van der Waals surface area contributed by atoms with E-state index in [2.05, 4.69) is 5.32 Å². The molecular weight excluding hydrogens is 404 g/mol. The maximum Gasteiger partial charge on any atom is 0.339 e. The van der Waals surface area contributed by atoms with Gasteiger partial charge < -0.3 is 15.2 Å². The molecular formula is C26H26N2O4. The normalized spacial score (nSPS) is 14.0. The lowest BCUT2D eigenvalue weighted by molar-refractivity contribution is -0.124. The van der Waals surface area contributed by atoms with E-state index in [0.717, 1.165) is 34.2 Å². The maximum absolute atomic E-state index is 13.1. The smallest absolute Gasteiger partial charge is 0.339 e. The van der Waals surface area contributed by atoms with Crippen molar-refractivity contribution in [3.05, 3.63) is 70.9 Å². The van der Waals surface area contributed by atoms with Crippen LogP contribution in [0, 0.1) is 5.92 Å². The lowest BCUT2D eigenvalue weighted by Gasteiger charge is -2.13. The predicted octanol–water partition coefficient (Wildman–Crippen LogP) is 4.36. The number of hydrogen-bond acceptors (Lipinski definition) is 5. The number of hydrogen-bond donors (Lipinski definition) is 2. The van der Waals surface area contributed by atoms with E-state index in [1.165, 1.54) is 0 Å². The first-order valence-corrected chi connectivity index (χ1v) is 10.8. The van der Waals surface area contributed by atoms with E-state index in [-0.39, 0.29) is 18.3 Å². The van der Waals surface area contributed by atoms with Gasteiger partial charge in [0.15, 0.2) is 6.61 Å². The number of ether oxygens (including phenoxy) is 1. The fourth-order valence-electron chi connectivity index (χ4n) is 3.86. The number of allylic oxidation sites excluding steroid dienone is 1. The Labute approximate surface area is 186 Å². The van der Waals surface area contributed by atoms with Gasteiger partial charge in [-0.2, -0.15) is 0 Å². The van der Waals surface area contributed by atoms with Crippen molar-refractivity contribution in [2.45, 2.75) is 26.7 Å². The van der Waals surface area contributed by atoms with Crippen LogP contribution in [0.4, 0.5) is 0 Å². The van der Waals surface area contributed by atoms with Crippen molar-refractivity contribution in [1.82, 2.24) is 10.3 Å². The standard InChI is InChI=1S/C26H26N2O4/c1-16(2)14-27-23(30)15-32-26(31)24-20-5-3-4-6-22(20)28-25-18(9-12-21(24)25)13-17-7-10-19(29)11-8-17/h3-8,10-11,13,16,29H,9,12,14-15H2,1-2H3,(H,27,30)/b18-13+. The van der Waals surface area contributed by atoms with E-state index >= 15 is 0 Å². The quantitative estimate of drug-likeness (QED) is 0.568. The molecule has 6 nitrogen and oxygen atoms in total. The highest BCUT2D eigenvalue weighted by molar-refractivity contribution is 6.07. The third-order valence-electron chi connectivity index (χ3n) is 5.42. The summed E-state index contributed by atoms with van der Waals surface area (Å²) in [5, 5.41) is 13.0. The summed E-state index contributed by atoms with van der Waals surface area (Å²) in [6.45, 7) is 4.23. The van der Waals surface area contributed by atoms with Gasteiger partial charge in [-0.15, -0.1) is 0 Å². The van der Waals surface area contributed by atoms with Gasteiger partial charge in [-0.25, -0.2) is 9.78 Å². The lowest BCUT2D eigenvalue weighted by atomic mass is 10.0. The average Bonchev–Trinajstić information content (AvgIpc) is 3.17. The number of benzene rings is 2. The molecule has 0 atom stereocenters. The summed E-state index contributed by atoms with van der Waals surface area (Å²) in [7, 11) is 0. The summed E-state index contributed by atoms with van der Waals surface area (Å²) in [4.78, 5) is 30.0. The molecule has 0 radical (unpaired) electrons. The van der Waals surface area contributed by atoms with E-state index in [1.54, 1.807) is 12.1 Å². The molecule has 0 saturated heterocycles. The molecule has 164 valence electrons. The van der Waals surface area contributed by atoms with Crippen LogP contribution >= 0.6 is 0 Å². The Kier molecular flexibility index (Phi) is 6.21. The molecule has 3 aromatic rings. The topological polar surface area (TPSA) is 88.5 Å². The summed E-state index contributed by atoms with van der Waals surface area (Å²) in [5.41, 5.74) is 4.80. The van der Waals surface area contributed by atoms with Gasteiger partial charge in [-0.05, 0) is 59.7 Å².